The molecule has 4 rings (SSSR count). The molecule has 0 aliphatic heterocycles. The van der Waals surface area contributed by atoms with Crippen LogP contribution in [0.3, 0.4) is 0 Å². The van der Waals surface area contributed by atoms with Crippen LogP contribution in [0.4, 0.5) is 5.69 Å². The van der Waals surface area contributed by atoms with Gasteiger partial charge in [-0.1, -0.05) is 48.5 Å². The minimum Gasteiger partial charge on any atom is -0.346 e. The van der Waals surface area contributed by atoms with Crippen molar-refractivity contribution in [1.29, 1.82) is 5.26 Å². The van der Waals surface area contributed by atoms with E-state index in [2.05, 4.69) is 11.4 Å². The summed E-state index contributed by atoms with van der Waals surface area (Å²) in [5.41, 5.74) is 4.15. The van der Waals surface area contributed by atoms with E-state index in [0.29, 0.717) is 24.2 Å². The quantitative estimate of drug-likeness (QED) is 0.315. The monoisotopic (exact) mass is 476 g/mol. The normalized spacial score (nSPS) is 11.8. The highest BCUT2D eigenvalue weighted by atomic mass is 16.2. The van der Waals surface area contributed by atoms with Crippen molar-refractivity contribution < 1.29 is 9.59 Å². The summed E-state index contributed by atoms with van der Waals surface area (Å²) in [6, 6.07) is 26.5. The molecule has 0 bridgehead atoms. The molecule has 6 nitrogen and oxygen atoms in total. The number of likely N-dealkylation sites (N-methyl/N-ethyl adjacent to an activating group) is 1. The van der Waals surface area contributed by atoms with Gasteiger partial charge in [0.05, 0.1) is 18.5 Å². The van der Waals surface area contributed by atoms with Gasteiger partial charge < -0.3 is 14.8 Å². The molecule has 0 aliphatic rings. The van der Waals surface area contributed by atoms with Gasteiger partial charge in [0.2, 0.25) is 5.91 Å². The van der Waals surface area contributed by atoms with Crippen molar-refractivity contribution in [2.24, 2.45) is 0 Å². The summed E-state index contributed by atoms with van der Waals surface area (Å²) in [4.78, 5) is 27.2. The number of nitrogens with zero attached hydrogens (tertiary/aromatic N) is 3. The molecule has 1 heterocycles. The number of fused-ring (bicyclic) bond motifs is 1. The molecule has 2 amide bonds. The molecule has 1 atom stereocenters. The lowest BCUT2D eigenvalue weighted by atomic mass is 10.1. The van der Waals surface area contributed by atoms with Gasteiger partial charge in [-0.15, -0.1) is 0 Å². The maximum Gasteiger partial charge on any atom is 0.255 e. The van der Waals surface area contributed by atoms with Gasteiger partial charge in [0, 0.05) is 53.6 Å². The molecule has 0 aliphatic carbocycles. The molecule has 36 heavy (non-hydrogen) atoms. The maximum atomic E-state index is 13.0. The first-order valence-electron chi connectivity index (χ1n) is 11.8. The summed E-state index contributed by atoms with van der Waals surface area (Å²) in [7, 11) is 1.77. The molecule has 1 N–H and O–H groups in total. The van der Waals surface area contributed by atoms with Gasteiger partial charge in [-0.05, 0) is 48.9 Å². The predicted molar refractivity (Wildman–Crippen MR) is 143 cm³/mol. The lowest BCUT2D eigenvalue weighted by Crippen LogP contribution is -2.28. The molecule has 0 saturated heterocycles. The highest BCUT2D eigenvalue weighted by Gasteiger charge is 2.17. The molecular weight excluding hydrogens is 448 g/mol. The second-order valence-electron chi connectivity index (χ2n) is 8.61. The Morgan fingerprint density at radius 3 is 2.58 bits per heavy atom. The third-order valence-electron chi connectivity index (χ3n) is 6.28. The Morgan fingerprint density at radius 1 is 1.06 bits per heavy atom. The number of hydrogen-bond acceptors (Lipinski definition) is 3. The summed E-state index contributed by atoms with van der Waals surface area (Å²) in [6.45, 7) is 2.56. The standard InChI is InChI=1S/C30H28N4O2/c1-22(24-12-8-13-26(20-24)32-30(36)23-10-4-3-5-11-23)33(2)29(35)17-16-25-21-34(19-9-18-31)28-15-7-6-14-27(25)28/h3-8,10-17,20-22H,9,19H2,1-2H3,(H,32,36)/b17-16+. The summed E-state index contributed by atoms with van der Waals surface area (Å²) in [6.07, 6.45) is 5.81. The van der Waals surface area contributed by atoms with Crippen molar-refractivity contribution in [2.45, 2.75) is 25.9 Å². The fourth-order valence-electron chi connectivity index (χ4n) is 4.13. The average molecular weight is 477 g/mol. The number of para-hydroxylation sites is 1. The van der Waals surface area contributed by atoms with Gasteiger partial charge in [0.25, 0.3) is 5.91 Å². The minimum absolute atomic E-state index is 0.130. The molecule has 180 valence electrons. The van der Waals surface area contributed by atoms with E-state index in [9.17, 15) is 9.59 Å². The fourth-order valence-corrected chi connectivity index (χ4v) is 4.13. The summed E-state index contributed by atoms with van der Waals surface area (Å²) in [5, 5.41) is 12.9. The van der Waals surface area contributed by atoms with Crippen LogP contribution in [0.2, 0.25) is 0 Å². The van der Waals surface area contributed by atoms with Crippen LogP contribution in [0.1, 0.15) is 40.9 Å². The van der Waals surface area contributed by atoms with Gasteiger partial charge >= 0.3 is 0 Å². The molecule has 0 spiro atoms. The van der Waals surface area contributed by atoms with E-state index in [4.69, 9.17) is 5.26 Å². The number of carbonyl (C=O) groups excluding carboxylic acids is 2. The Labute approximate surface area is 211 Å². The van der Waals surface area contributed by atoms with E-state index >= 15 is 0 Å². The first-order chi connectivity index (χ1) is 17.5. The van der Waals surface area contributed by atoms with Crippen LogP contribution < -0.4 is 5.32 Å². The summed E-state index contributed by atoms with van der Waals surface area (Å²) < 4.78 is 2.05. The number of carbonyl (C=O) groups is 2. The fraction of sp³-hybridized carbons (Fsp3) is 0.167. The molecule has 0 saturated carbocycles. The maximum absolute atomic E-state index is 13.0. The minimum atomic E-state index is -0.201. The van der Waals surface area contributed by atoms with Crippen LogP contribution in [-0.4, -0.2) is 28.3 Å². The van der Waals surface area contributed by atoms with Crippen molar-refractivity contribution in [1.82, 2.24) is 9.47 Å². The van der Waals surface area contributed by atoms with Crippen LogP contribution >= 0.6 is 0 Å². The van der Waals surface area contributed by atoms with Gasteiger partial charge in [0.1, 0.15) is 0 Å². The Morgan fingerprint density at radius 2 is 1.81 bits per heavy atom. The number of nitrogens with one attached hydrogen (secondary N) is 1. The van der Waals surface area contributed by atoms with Crippen molar-refractivity contribution in [3.63, 3.8) is 0 Å². The van der Waals surface area contributed by atoms with Crippen molar-refractivity contribution in [2.75, 3.05) is 12.4 Å². The highest BCUT2D eigenvalue weighted by Crippen LogP contribution is 2.25. The predicted octanol–water partition coefficient (Wildman–Crippen LogP) is 6.04. The van der Waals surface area contributed by atoms with E-state index in [1.54, 1.807) is 30.2 Å². The number of amides is 2. The number of nitriles is 1. The highest BCUT2D eigenvalue weighted by molar-refractivity contribution is 6.04. The molecule has 0 radical (unpaired) electrons. The van der Waals surface area contributed by atoms with E-state index in [0.717, 1.165) is 22.0 Å². The Kier molecular flexibility index (Phi) is 7.62. The second kappa shape index (κ2) is 11.2. The van der Waals surface area contributed by atoms with Crippen LogP contribution in [0.25, 0.3) is 17.0 Å². The van der Waals surface area contributed by atoms with E-state index in [1.165, 1.54) is 0 Å². The van der Waals surface area contributed by atoms with Crippen LogP contribution in [0.15, 0.2) is 91.1 Å². The van der Waals surface area contributed by atoms with Crippen LogP contribution in [-0.2, 0) is 11.3 Å². The third kappa shape index (κ3) is 5.53. The molecule has 1 aromatic heterocycles. The lowest BCUT2D eigenvalue weighted by Gasteiger charge is -2.24. The number of anilines is 1. The lowest BCUT2D eigenvalue weighted by molar-refractivity contribution is -0.126. The summed E-state index contributed by atoms with van der Waals surface area (Å²) >= 11 is 0. The van der Waals surface area contributed by atoms with Gasteiger partial charge in [-0.2, -0.15) is 5.26 Å². The van der Waals surface area contributed by atoms with Gasteiger partial charge in [-0.3, -0.25) is 9.59 Å². The summed E-state index contributed by atoms with van der Waals surface area (Å²) in [5.74, 6) is -0.309. The molecule has 6 heteroatoms. The molecule has 3 aromatic carbocycles. The van der Waals surface area contributed by atoms with Crippen molar-refractivity contribution in [3.05, 3.63) is 108 Å². The first-order valence-corrected chi connectivity index (χ1v) is 11.8. The average Bonchev–Trinajstić information content (AvgIpc) is 3.27. The number of aromatic nitrogens is 1. The topological polar surface area (TPSA) is 78.1 Å². The van der Waals surface area contributed by atoms with Crippen molar-refractivity contribution in [3.8, 4) is 6.07 Å². The zero-order valence-corrected chi connectivity index (χ0v) is 20.4. The van der Waals surface area contributed by atoms with Gasteiger partial charge in [0.15, 0.2) is 0 Å². The number of aryl methyl sites for hydroxylation is 1. The van der Waals surface area contributed by atoms with Crippen LogP contribution in [0, 0.1) is 11.3 Å². The Bertz CT molecular complexity index is 1450. The number of rotatable bonds is 8. The molecular formula is C30H28N4O2. The number of hydrogen-bond donors (Lipinski definition) is 1. The Balaban J connectivity index is 1.47. The zero-order chi connectivity index (χ0) is 25.5. The molecule has 0 fully saturated rings. The second-order valence-corrected chi connectivity index (χ2v) is 8.61. The van der Waals surface area contributed by atoms with Crippen LogP contribution in [0.5, 0.6) is 0 Å². The smallest absolute Gasteiger partial charge is 0.255 e. The van der Waals surface area contributed by atoms with Crippen molar-refractivity contribution >= 4 is 34.5 Å². The third-order valence-corrected chi connectivity index (χ3v) is 6.28. The van der Waals surface area contributed by atoms with E-state index < -0.39 is 0 Å². The first kappa shape index (κ1) is 24.5. The molecule has 1 unspecified atom stereocenters. The Hall–Kier alpha value is -4.63. The number of benzene rings is 3. The zero-order valence-electron chi connectivity index (χ0n) is 20.4. The van der Waals surface area contributed by atoms with Gasteiger partial charge in [-0.25, -0.2) is 0 Å². The largest absolute Gasteiger partial charge is 0.346 e. The van der Waals surface area contributed by atoms with E-state index in [-0.39, 0.29) is 17.9 Å². The van der Waals surface area contributed by atoms with E-state index in [1.807, 2.05) is 90.5 Å². The SMILES string of the molecule is CC(c1cccc(NC(=O)c2ccccc2)c1)N(C)C(=O)/C=C/c1cn(CCC#N)c2ccccc12. The molecule has 4 aromatic rings.